The Morgan fingerprint density at radius 1 is 1.23 bits per heavy atom. The van der Waals surface area contributed by atoms with Gasteiger partial charge in [-0.25, -0.2) is 0 Å². The van der Waals surface area contributed by atoms with Crippen LogP contribution in [0.15, 0.2) is 24.3 Å². The lowest BCUT2D eigenvalue weighted by molar-refractivity contribution is 0.0934. The predicted octanol–water partition coefficient (Wildman–Crippen LogP) is 5.45. The molecular weight excluding hydrogens is 340 g/mol. The van der Waals surface area contributed by atoms with E-state index in [1.54, 1.807) is 11.3 Å². The lowest BCUT2D eigenvalue weighted by Crippen LogP contribution is -2.38. The number of aryl methyl sites for hydroxylation is 1. The van der Waals surface area contributed by atoms with Crippen LogP contribution in [0.3, 0.4) is 0 Å². The second-order valence-corrected chi connectivity index (χ2v) is 9.50. The van der Waals surface area contributed by atoms with E-state index in [4.69, 9.17) is 0 Å². The van der Waals surface area contributed by atoms with Crippen molar-refractivity contribution in [2.45, 2.75) is 59.5 Å². The van der Waals surface area contributed by atoms with Gasteiger partial charge < -0.3 is 10.6 Å². The molecule has 0 fully saturated rings. The lowest BCUT2D eigenvalue weighted by Gasteiger charge is -2.36. The Bertz CT molecular complexity index is 852. The average Bonchev–Trinajstić information content (AvgIpc) is 3.00. The first-order chi connectivity index (χ1) is 12.4. The molecule has 1 aromatic heterocycles. The summed E-state index contributed by atoms with van der Waals surface area (Å²) < 4.78 is 0. The highest BCUT2D eigenvalue weighted by Crippen LogP contribution is 2.47. The Balaban J connectivity index is 1.65. The van der Waals surface area contributed by atoms with E-state index in [0.29, 0.717) is 11.3 Å². The third-order valence-electron chi connectivity index (χ3n) is 6.56. The Kier molecular flexibility index (Phi) is 4.34. The standard InChI is InChI=1S/C22H28N2OS/c1-5-22(3,4)14-10-11-16-17(12-14)26-21-18(16)20(25)23-19(24-21)15-9-7-6-8-13(15)2/h6-9,14,19,24H,5,10-12H2,1-4H3,(H,23,25)/t14-,19+/m1/s1. The zero-order valence-electron chi connectivity index (χ0n) is 16.1. The van der Waals surface area contributed by atoms with Crippen LogP contribution < -0.4 is 10.6 Å². The van der Waals surface area contributed by atoms with Crippen molar-refractivity contribution in [1.29, 1.82) is 0 Å². The zero-order chi connectivity index (χ0) is 18.5. The maximum atomic E-state index is 12.9. The van der Waals surface area contributed by atoms with Crippen molar-refractivity contribution in [2.24, 2.45) is 11.3 Å². The highest BCUT2D eigenvalue weighted by Gasteiger charge is 2.37. The number of amides is 1. The average molecular weight is 369 g/mol. The molecule has 26 heavy (non-hydrogen) atoms. The highest BCUT2D eigenvalue weighted by atomic mass is 32.1. The fourth-order valence-electron chi connectivity index (χ4n) is 4.32. The molecule has 1 aliphatic carbocycles. The summed E-state index contributed by atoms with van der Waals surface area (Å²) in [4.78, 5) is 14.3. The summed E-state index contributed by atoms with van der Waals surface area (Å²) in [6, 6.07) is 8.25. The fourth-order valence-corrected chi connectivity index (χ4v) is 5.67. The van der Waals surface area contributed by atoms with Gasteiger partial charge in [0.05, 0.1) is 5.56 Å². The second-order valence-electron chi connectivity index (χ2n) is 8.40. The molecule has 0 spiro atoms. The van der Waals surface area contributed by atoms with Gasteiger partial charge in [-0.3, -0.25) is 4.79 Å². The normalized spacial score (nSPS) is 22.2. The van der Waals surface area contributed by atoms with Crippen LogP contribution in [0.1, 0.15) is 71.7 Å². The summed E-state index contributed by atoms with van der Waals surface area (Å²) in [5.74, 6) is 0.785. The maximum absolute atomic E-state index is 12.9. The first kappa shape index (κ1) is 17.6. The number of thiophene rings is 1. The molecule has 1 aromatic carbocycles. The first-order valence-corrected chi connectivity index (χ1v) is 10.5. The van der Waals surface area contributed by atoms with Gasteiger partial charge in [-0.15, -0.1) is 11.3 Å². The van der Waals surface area contributed by atoms with Crippen molar-refractivity contribution < 1.29 is 4.79 Å². The molecule has 2 heterocycles. The van der Waals surface area contributed by atoms with Crippen LogP contribution in [0.2, 0.25) is 0 Å². The summed E-state index contributed by atoms with van der Waals surface area (Å²) in [6.07, 6.45) is 4.38. The van der Waals surface area contributed by atoms with Crippen molar-refractivity contribution in [3.8, 4) is 0 Å². The second kappa shape index (κ2) is 6.41. The summed E-state index contributed by atoms with van der Waals surface area (Å²) in [5.41, 5.74) is 4.90. The van der Waals surface area contributed by atoms with Crippen LogP contribution in [0.25, 0.3) is 0 Å². The van der Waals surface area contributed by atoms with Gasteiger partial charge in [0.1, 0.15) is 11.2 Å². The minimum atomic E-state index is -0.140. The highest BCUT2D eigenvalue weighted by molar-refractivity contribution is 7.16. The quantitative estimate of drug-likeness (QED) is 0.756. The molecule has 0 radical (unpaired) electrons. The molecule has 0 bridgehead atoms. The molecule has 138 valence electrons. The van der Waals surface area contributed by atoms with Crippen LogP contribution in [-0.4, -0.2) is 5.91 Å². The molecule has 0 saturated carbocycles. The van der Waals surface area contributed by atoms with Crippen LogP contribution in [0, 0.1) is 18.3 Å². The van der Waals surface area contributed by atoms with Crippen molar-refractivity contribution in [3.05, 3.63) is 51.4 Å². The first-order valence-electron chi connectivity index (χ1n) is 9.68. The maximum Gasteiger partial charge on any atom is 0.256 e. The molecule has 4 heteroatoms. The molecular formula is C22H28N2OS. The Morgan fingerprint density at radius 3 is 2.73 bits per heavy atom. The third-order valence-corrected chi connectivity index (χ3v) is 7.74. The van der Waals surface area contributed by atoms with Gasteiger partial charge in [-0.2, -0.15) is 0 Å². The smallest absolute Gasteiger partial charge is 0.256 e. The van der Waals surface area contributed by atoms with Gasteiger partial charge in [-0.1, -0.05) is 51.5 Å². The number of fused-ring (bicyclic) bond motifs is 3. The van der Waals surface area contributed by atoms with Crippen LogP contribution in [0.5, 0.6) is 0 Å². The van der Waals surface area contributed by atoms with E-state index in [1.165, 1.54) is 28.8 Å². The van der Waals surface area contributed by atoms with Crippen molar-refractivity contribution in [1.82, 2.24) is 5.32 Å². The van der Waals surface area contributed by atoms with Gasteiger partial charge >= 0.3 is 0 Å². The van der Waals surface area contributed by atoms with E-state index in [9.17, 15) is 4.79 Å². The van der Waals surface area contributed by atoms with Crippen LogP contribution >= 0.6 is 11.3 Å². The van der Waals surface area contributed by atoms with E-state index in [2.05, 4.69) is 50.5 Å². The van der Waals surface area contributed by atoms with Gasteiger partial charge in [0.15, 0.2) is 0 Å². The predicted molar refractivity (Wildman–Crippen MR) is 109 cm³/mol. The number of benzene rings is 1. The van der Waals surface area contributed by atoms with E-state index in [1.807, 2.05) is 12.1 Å². The molecule has 1 amide bonds. The zero-order valence-corrected chi connectivity index (χ0v) is 16.9. The summed E-state index contributed by atoms with van der Waals surface area (Å²) in [5, 5.41) is 7.83. The largest absolute Gasteiger partial charge is 0.353 e. The van der Waals surface area contributed by atoms with Gasteiger partial charge in [0.2, 0.25) is 0 Å². The topological polar surface area (TPSA) is 41.1 Å². The summed E-state index contributed by atoms with van der Waals surface area (Å²) in [7, 11) is 0. The molecule has 2 N–H and O–H groups in total. The molecule has 1 aliphatic heterocycles. The minimum absolute atomic E-state index is 0.0812. The number of hydrogen-bond donors (Lipinski definition) is 2. The van der Waals surface area contributed by atoms with Crippen LogP contribution in [-0.2, 0) is 12.8 Å². The number of carbonyl (C=O) groups is 1. The molecule has 2 atom stereocenters. The monoisotopic (exact) mass is 368 g/mol. The lowest BCUT2D eigenvalue weighted by atomic mass is 9.69. The summed E-state index contributed by atoms with van der Waals surface area (Å²) >= 11 is 1.80. The molecule has 2 aromatic rings. The fraction of sp³-hybridized carbons (Fsp3) is 0.500. The Labute approximate surface area is 160 Å². The van der Waals surface area contributed by atoms with Crippen molar-refractivity contribution >= 4 is 22.2 Å². The molecule has 4 rings (SSSR count). The number of carbonyl (C=O) groups excluding carboxylic acids is 1. The number of anilines is 1. The molecule has 2 aliphatic rings. The molecule has 3 nitrogen and oxygen atoms in total. The van der Waals surface area contributed by atoms with E-state index < -0.39 is 0 Å². The minimum Gasteiger partial charge on any atom is -0.353 e. The Morgan fingerprint density at radius 2 is 2.00 bits per heavy atom. The van der Waals surface area contributed by atoms with Gasteiger partial charge in [-0.05, 0) is 54.2 Å². The Hall–Kier alpha value is -1.81. The summed E-state index contributed by atoms with van der Waals surface area (Å²) in [6.45, 7) is 9.15. The van der Waals surface area contributed by atoms with Gasteiger partial charge in [0.25, 0.3) is 5.91 Å². The van der Waals surface area contributed by atoms with Crippen LogP contribution in [0.4, 0.5) is 5.00 Å². The van der Waals surface area contributed by atoms with E-state index >= 15 is 0 Å². The van der Waals surface area contributed by atoms with Crippen molar-refractivity contribution in [3.63, 3.8) is 0 Å². The molecule has 0 saturated heterocycles. The van der Waals surface area contributed by atoms with Gasteiger partial charge in [0, 0.05) is 4.88 Å². The number of nitrogens with one attached hydrogen (secondary N) is 2. The molecule has 0 unspecified atom stereocenters. The third kappa shape index (κ3) is 2.84. The van der Waals surface area contributed by atoms with E-state index in [-0.39, 0.29) is 12.1 Å². The van der Waals surface area contributed by atoms with Crippen molar-refractivity contribution in [2.75, 3.05) is 5.32 Å². The van der Waals surface area contributed by atoms with E-state index in [0.717, 1.165) is 29.0 Å². The SMILES string of the molecule is CCC(C)(C)[C@@H]1CCc2c(sc3c2C(=O)N[C@H](c2ccccc2C)N3)C1. The number of rotatable bonds is 3. The number of hydrogen-bond acceptors (Lipinski definition) is 3.